The van der Waals surface area contributed by atoms with Crippen LogP contribution in [0.1, 0.15) is 32.4 Å². The van der Waals surface area contributed by atoms with Gasteiger partial charge in [-0.2, -0.15) is 0 Å². The molecule has 6 heteroatoms. The molecular formula is C12H16N2O4. The average Bonchev–Trinajstić information content (AvgIpc) is 2.24. The Morgan fingerprint density at radius 2 is 2.11 bits per heavy atom. The summed E-state index contributed by atoms with van der Waals surface area (Å²) in [4.78, 5) is 26.4. The number of hydrogen-bond acceptors (Lipinski definition) is 4. The fraction of sp³-hybridized carbons (Fsp3) is 0.417. The maximum atomic E-state index is 11.5. The summed E-state index contributed by atoms with van der Waals surface area (Å²) in [6, 6.07) is 2.00. The van der Waals surface area contributed by atoms with E-state index in [-0.39, 0.29) is 0 Å². The third-order valence-corrected chi connectivity index (χ3v) is 1.93. The highest BCUT2D eigenvalue weighted by Gasteiger charge is 2.25. The molecule has 1 aromatic rings. The van der Waals surface area contributed by atoms with Crippen LogP contribution in [0.5, 0.6) is 0 Å². The van der Waals surface area contributed by atoms with Crippen molar-refractivity contribution in [1.29, 1.82) is 0 Å². The summed E-state index contributed by atoms with van der Waals surface area (Å²) in [5, 5.41) is 11.4. The zero-order chi connectivity index (χ0) is 13.8. The zero-order valence-corrected chi connectivity index (χ0v) is 10.5. The normalized spacial score (nSPS) is 12.6. The van der Waals surface area contributed by atoms with E-state index in [1.807, 2.05) is 0 Å². The van der Waals surface area contributed by atoms with E-state index in [0.717, 1.165) is 0 Å². The van der Waals surface area contributed by atoms with Crippen LogP contribution in [0.25, 0.3) is 0 Å². The molecule has 0 radical (unpaired) electrons. The number of nitrogens with one attached hydrogen (secondary N) is 1. The number of hydrogen-bond donors (Lipinski definition) is 2. The molecule has 1 rings (SSSR count). The first-order valence-electron chi connectivity index (χ1n) is 5.42. The number of carboxylic acids is 1. The standard InChI is InChI=1S/C12H16N2O4/c1-12(2,3)18-11(17)14-9(10(15)16)8-5-4-6-13-7-8/h4-7,9H,1-3H3,(H,14,17)(H,15,16)/t9-/m1/s1. The highest BCUT2D eigenvalue weighted by Crippen LogP contribution is 2.13. The summed E-state index contributed by atoms with van der Waals surface area (Å²) >= 11 is 0. The number of carboxylic acid groups (broad SMARTS) is 1. The second-order valence-corrected chi connectivity index (χ2v) is 4.70. The van der Waals surface area contributed by atoms with E-state index in [0.29, 0.717) is 5.56 Å². The van der Waals surface area contributed by atoms with Gasteiger partial charge in [-0.1, -0.05) is 6.07 Å². The fourth-order valence-electron chi connectivity index (χ4n) is 1.26. The molecule has 6 nitrogen and oxygen atoms in total. The minimum Gasteiger partial charge on any atom is -0.479 e. The summed E-state index contributed by atoms with van der Waals surface area (Å²) in [7, 11) is 0. The van der Waals surface area contributed by atoms with Crippen LogP contribution in [-0.4, -0.2) is 27.8 Å². The van der Waals surface area contributed by atoms with Crippen LogP contribution in [0.3, 0.4) is 0 Å². The predicted molar refractivity (Wildman–Crippen MR) is 64.0 cm³/mol. The van der Waals surface area contributed by atoms with Crippen molar-refractivity contribution < 1.29 is 19.4 Å². The van der Waals surface area contributed by atoms with Crippen molar-refractivity contribution in [3.63, 3.8) is 0 Å². The van der Waals surface area contributed by atoms with Gasteiger partial charge in [-0.05, 0) is 26.8 Å². The number of aromatic nitrogens is 1. The smallest absolute Gasteiger partial charge is 0.408 e. The molecule has 1 heterocycles. The van der Waals surface area contributed by atoms with Crippen LogP contribution in [0.2, 0.25) is 0 Å². The molecule has 0 unspecified atom stereocenters. The van der Waals surface area contributed by atoms with Gasteiger partial charge in [0.2, 0.25) is 0 Å². The topological polar surface area (TPSA) is 88.5 Å². The molecule has 18 heavy (non-hydrogen) atoms. The van der Waals surface area contributed by atoms with Crippen LogP contribution >= 0.6 is 0 Å². The Bertz CT molecular complexity index is 425. The number of pyridine rings is 1. The Labute approximate surface area is 105 Å². The molecule has 0 aliphatic rings. The summed E-state index contributed by atoms with van der Waals surface area (Å²) in [6.45, 7) is 5.10. The molecule has 1 atom stereocenters. The lowest BCUT2D eigenvalue weighted by Crippen LogP contribution is -2.38. The number of rotatable bonds is 3. The Morgan fingerprint density at radius 1 is 1.44 bits per heavy atom. The minimum absolute atomic E-state index is 0.385. The maximum Gasteiger partial charge on any atom is 0.408 e. The van der Waals surface area contributed by atoms with E-state index < -0.39 is 23.7 Å². The average molecular weight is 252 g/mol. The minimum atomic E-state index is -1.17. The molecule has 0 bridgehead atoms. The predicted octanol–water partition coefficient (Wildman–Crippen LogP) is 1.73. The number of nitrogens with zero attached hydrogens (tertiary/aromatic N) is 1. The van der Waals surface area contributed by atoms with Crippen molar-refractivity contribution >= 4 is 12.1 Å². The molecule has 0 aliphatic carbocycles. The molecule has 1 aromatic heterocycles. The van der Waals surface area contributed by atoms with E-state index >= 15 is 0 Å². The van der Waals surface area contributed by atoms with E-state index in [1.165, 1.54) is 12.4 Å². The van der Waals surface area contributed by atoms with Crippen LogP contribution in [0.4, 0.5) is 4.79 Å². The van der Waals surface area contributed by atoms with Gasteiger partial charge < -0.3 is 15.2 Å². The van der Waals surface area contributed by atoms with Gasteiger partial charge in [-0.25, -0.2) is 9.59 Å². The van der Waals surface area contributed by atoms with Crippen molar-refractivity contribution in [1.82, 2.24) is 10.3 Å². The molecule has 2 N–H and O–H groups in total. The lowest BCUT2D eigenvalue weighted by atomic mass is 10.1. The first kappa shape index (κ1) is 14.0. The number of carbonyl (C=O) groups excluding carboxylic acids is 1. The van der Waals surface area contributed by atoms with Gasteiger partial charge in [-0.15, -0.1) is 0 Å². The van der Waals surface area contributed by atoms with Crippen molar-refractivity contribution in [3.8, 4) is 0 Å². The van der Waals surface area contributed by atoms with Gasteiger partial charge in [0.25, 0.3) is 0 Å². The lowest BCUT2D eigenvalue weighted by molar-refractivity contribution is -0.139. The number of aliphatic carboxylic acids is 1. The number of alkyl carbamates (subject to hydrolysis) is 1. The molecule has 98 valence electrons. The van der Waals surface area contributed by atoms with Gasteiger partial charge >= 0.3 is 12.1 Å². The molecule has 0 aliphatic heterocycles. The van der Waals surface area contributed by atoms with E-state index in [2.05, 4.69) is 10.3 Å². The van der Waals surface area contributed by atoms with E-state index in [9.17, 15) is 9.59 Å². The van der Waals surface area contributed by atoms with Crippen LogP contribution < -0.4 is 5.32 Å². The van der Waals surface area contributed by atoms with E-state index in [4.69, 9.17) is 9.84 Å². The third kappa shape index (κ3) is 4.40. The SMILES string of the molecule is CC(C)(C)OC(=O)N[C@@H](C(=O)O)c1cccnc1. The highest BCUT2D eigenvalue weighted by atomic mass is 16.6. The first-order valence-corrected chi connectivity index (χ1v) is 5.42. The molecule has 0 saturated heterocycles. The number of ether oxygens (including phenoxy) is 1. The molecule has 0 saturated carbocycles. The molecule has 0 spiro atoms. The number of carbonyl (C=O) groups is 2. The Kier molecular flexibility index (Phi) is 4.25. The van der Waals surface area contributed by atoms with Gasteiger partial charge in [0.15, 0.2) is 6.04 Å². The van der Waals surface area contributed by atoms with Crippen LogP contribution in [0, 0.1) is 0 Å². The molecule has 1 amide bonds. The van der Waals surface area contributed by atoms with Crippen molar-refractivity contribution in [2.75, 3.05) is 0 Å². The largest absolute Gasteiger partial charge is 0.479 e. The first-order chi connectivity index (χ1) is 8.29. The summed E-state index contributed by atoms with van der Waals surface area (Å²) in [5.74, 6) is -1.17. The molecule has 0 fully saturated rings. The summed E-state index contributed by atoms with van der Waals surface area (Å²) < 4.78 is 5.01. The van der Waals surface area contributed by atoms with Gasteiger partial charge in [0, 0.05) is 18.0 Å². The summed E-state index contributed by atoms with van der Waals surface area (Å²) in [6.07, 6.45) is 2.13. The molecular weight excluding hydrogens is 236 g/mol. The lowest BCUT2D eigenvalue weighted by Gasteiger charge is -2.22. The van der Waals surface area contributed by atoms with Crippen molar-refractivity contribution in [3.05, 3.63) is 30.1 Å². The summed E-state index contributed by atoms with van der Waals surface area (Å²) in [5.41, 5.74) is -0.293. The van der Waals surface area contributed by atoms with Gasteiger partial charge in [-0.3, -0.25) is 4.98 Å². The van der Waals surface area contributed by atoms with Gasteiger partial charge in [0.05, 0.1) is 0 Å². The second-order valence-electron chi connectivity index (χ2n) is 4.70. The quantitative estimate of drug-likeness (QED) is 0.855. The molecule has 0 aromatic carbocycles. The van der Waals surface area contributed by atoms with Crippen molar-refractivity contribution in [2.24, 2.45) is 0 Å². The van der Waals surface area contributed by atoms with Crippen LogP contribution in [0.15, 0.2) is 24.5 Å². The Hall–Kier alpha value is -2.11. The zero-order valence-electron chi connectivity index (χ0n) is 10.5. The second kappa shape index (κ2) is 5.48. The van der Waals surface area contributed by atoms with Gasteiger partial charge in [0.1, 0.15) is 5.60 Å². The number of amides is 1. The monoisotopic (exact) mass is 252 g/mol. The van der Waals surface area contributed by atoms with E-state index in [1.54, 1.807) is 32.9 Å². The van der Waals surface area contributed by atoms with Crippen molar-refractivity contribution in [2.45, 2.75) is 32.4 Å². The third-order valence-electron chi connectivity index (χ3n) is 1.93. The highest BCUT2D eigenvalue weighted by molar-refractivity contribution is 5.81. The maximum absolute atomic E-state index is 11.5. The Balaban J connectivity index is 2.77. The van der Waals surface area contributed by atoms with Crippen LogP contribution in [-0.2, 0) is 9.53 Å². The Morgan fingerprint density at radius 3 is 2.56 bits per heavy atom. The fourth-order valence-corrected chi connectivity index (χ4v) is 1.26.